The fraction of sp³-hybridized carbons (Fsp3) is 0.565. The summed E-state index contributed by atoms with van der Waals surface area (Å²) in [6, 6.07) is 8.22. The first-order chi connectivity index (χ1) is 13.3. The van der Waals surface area contributed by atoms with E-state index in [0.717, 1.165) is 12.2 Å². The van der Waals surface area contributed by atoms with Crippen LogP contribution < -0.4 is 4.74 Å². The van der Waals surface area contributed by atoms with E-state index in [4.69, 9.17) is 14.7 Å². The van der Waals surface area contributed by atoms with Gasteiger partial charge in [0.05, 0.1) is 19.8 Å². The van der Waals surface area contributed by atoms with E-state index < -0.39 is 0 Å². The summed E-state index contributed by atoms with van der Waals surface area (Å²) in [6.45, 7) is 7.32. The van der Waals surface area contributed by atoms with Gasteiger partial charge < -0.3 is 14.4 Å². The minimum atomic E-state index is -0.0104. The highest BCUT2D eigenvalue weighted by atomic mass is 17.1. The van der Waals surface area contributed by atoms with Crippen LogP contribution in [0.3, 0.4) is 0 Å². The molecule has 0 aliphatic rings. The molecule has 1 atom stereocenters. The molecule has 0 spiro atoms. The van der Waals surface area contributed by atoms with Crippen molar-refractivity contribution in [2.45, 2.75) is 58.3 Å². The molecule has 1 unspecified atom stereocenters. The van der Waals surface area contributed by atoms with Gasteiger partial charge in [0.2, 0.25) is 0 Å². The number of hydrogen-bond acceptors (Lipinski definition) is 4. The number of rotatable bonds is 17. The molecule has 0 aromatic heterocycles. The zero-order chi connectivity index (χ0) is 19.6. The molecule has 0 radical (unpaired) electrons. The topological polar surface area (TPSA) is 47.9 Å². The quantitative estimate of drug-likeness (QED) is 0.116. The summed E-state index contributed by atoms with van der Waals surface area (Å²) >= 11 is 0. The van der Waals surface area contributed by atoms with E-state index in [2.05, 4.69) is 30.5 Å². The van der Waals surface area contributed by atoms with Crippen LogP contribution in [-0.4, -0.2) is 25.1 Å². The smallest absolute Gasteiger partial charge is 0.125 e. The minimum absolute atomic E-state index is 0.0104. The van der Waals surface area contributed by atoms with Gasteiger partial charge in [0.25, 0.3) is 0 Å². The third-order valence-corrected chi connectivity index (χ3v) is 4.45. The van der Waals surface area contributed by atoms with Crippen molar-refractivity contribution in [1.29, 1.82) is 0 Å². The van der Waals surface area contributed by atoms with Crippen LogP contribution in [0.5, 0.6) is 5.75 Å². The van der Waals surface area contributed by atoms with Gasteiger partial charge in [-0.3, -0.25) is 0 Å². The average molecular weight is 377 g/mol. The summed E-state index contributed by atoms with van der Waals surface area (Å²) in [7, 11) is 0. The van der Waals surface area contributed by atoms with Gasteiger partial charge in [-0.15, -0.1) is 6.58 Å². The van der Waals surface area contributed by atoms with Crippen molar-refractivity contribution in [3.63, 3.8) is 0 Å². The molecular formula is C23H36O4. The van der Waals surface area contributed by atoms with Crippen LogP contribution in [0.15, 0.2) is 49.3 Å². The summed E-state index contributed by atoms with van der Waals surface area (Å²) in [5.41, 5.74) is 1.25. The van der Waals surface area contributed by atoms with Crippen molar-refractivity contribution >= 4 is 0 Å². The molecule has 4 heteroatoms. The Balaban J connectivity index is 2.44. The standard InChI is InChI=1S/C23H36O4/c1-3-5-6-7-8-9-10-13-22-14-11-12-15-23(22)26-20-21(16-18-27-24)19-25-17-4-2/h4,11-12,14-16,18,21,24H,2-3,5-10,13,17,19-20H2,1H3. The molecule has 27 heavy (non-hydrogen) atoms. The number of unbranched alkanes of at least 4 members (excludes halogenated alkanes) is 6. The van der Waals surface area contributed by atoms with Gasteiger partial charge in [-0.2, -0.15) is 0 Å². The molecule has 1 rings (SSSR count). The Morgan fingerprint density at radius 1 is 1.04 bits per heavy atom. The van der Waals surface area contributed by atoms with Gasteiger partial charge in [-0.1, -0.05) is 69.7 Å². The van der Waals surface area contributed by atoms with Gasteiger partial charge in [-0.25, -0.2) is 5.26 Å². The highest BCUT2D eigenvalue weighted by Gasteiger charge is 2.09. The first-order valence-corrected chi connectivity index (χ1v) is 10.2. The summed E-state index contributed by atoms with van der Waals surface area (Å²) in [4.78, 5) is 4.04. The lowest BCUT2D eigenvalue weighted by Crippen LogP contribution is -2.17. The zero-order valence-electron chi connectivity index (χ0n) is 16.8. The highest BCUT2D eigenvalue weighted by Crippen LogP contribution is 2.22. The SMILES string of the molecule is C=CCOCC(C=COO)COc1ccccc1CCCCCCCCC. The fourth-order valence-electron chi connectivity index (χ4n) is 2.93. The van der Waals surface area contributed by atoms with Crippen molar-refractivity contribution < 1.29 is 19.6 Å². The Kier molecular flexibility index (Phi) is 14.1. The van der Waals surface area contributed by atoms with Crippen molar-refractivity contribution in [2.24, 2.45) is 5.92 Å². The number of hydrogen-bond donors (Lipinski definition) is 1. The van der Waals surface area contributed by atoms with Gasteiger partial charge in [0, 0.05) is 5.92 Å². The number of aryl methyl sites for hydroxylation is 1. The summed E-state index contributed by atoms with van der Waals surface area (Å²) < 4.78 is 11.5. The molecule has 1 aromatic rings. The van der Waals surface area contributed by atoms with Gasteiger partial charge in [0.1, 0.15) is 12.0 Å². The summed E-state index contributed by atoms with van der Waals surface area (Å²) in [5.74, 6) is 0.916. The monoisotopic (exact) mass is 376 g/mol. The van der Waals surface area contributed by atoms with E-state index in [1.54, 1.807) is 12.2 Å². The predicted molar refractivity (Wildman–Crippen MR) is 111 cm³/mol. The lowest BCUT2D eigenvalue weighted by molar-refractivity contribution is -0.187. The second-order valence-electron chi connectivity index (χ2n) is 6.81. The van der Waals surface area contributed by atoms with Gasteiger partial charge >= 0.3 is 0 Å². The average Bonchev–Trinajstić information content (AvgIpc) is 2.70. The van der Waals surface area contributed by atoms with Crippen molar-refractivity contribution in [3.8, 4) is 5.75 Å². The zero-order valence-corrected chi connectivity index (χ0v) is 16.8. The molecule has 0 aliphatic heterocycles. The first kappa shape index (κ1) is 23.3. The van der Waals surface area contributed by atoms with Crippen LogP contribution in [0.25, 0.3) is 0 Å². The molecular weight excluding hydrogens is 340 g/mol. The second-order valence-corrected chi connectivity index (χ2v) is 6.81. The van der Waals surface area contributed by atoms with Crippen LogP contribution in [0.4, 0.5) is 0 Å². The molecule has 0 amide bonds. The van der Waals surface area contributed by atoms with E-state index in [1.165, 1.54) is 56.8 Å². The first-order valence-electron chi connectivity index (χ1n) is 10.2. The predicted octanol–water partition coefficient (Wildman–Crippen LogP) is 6.18. The molecule has 0 saturated carbocycles. The Labute approximate surface area is 164 Å². The molecule has 1 N–H and O–H groups in total. The summed E-state index contributed by atoms with van der Waals surface area (Å²) in [5, 5.41) is 8.52. The fourth-order valence-corrected chi connectivity index (χ4v) is 2.93. The van der Waals surface area contributed by atoms with Crippen molar-refractivity contribution in [1.82, 2.24) is 0 Å². The van der Waals surface area contributed by atoms with E-state index in [1.807, 2.05) is 12.1 Å². The number of benzene rings is 1. The molecule has 0 bridgehead atoms. The van der Waals surface area contributed by atoms with Crippen LogP contribution >= 0.6 is 0 Å². The van der Waals surface area contributed by atoms with Crippen molar-refractivity contribution in [3.05, 3.63) is 54.8 Å². The van der Waals surface area contributed by atoms with E-state index in [9.17, 15) is 0 Å². The van der Waals surface area contributed by atoms with Gasteiger partial charge in [0.15, 0.2) is 0 Å². The van der Waals surface area contributed by atoms with E-state index >= 15 is 0 Å². The van der Waals surface area contributed by atoms with E-state index in [-0.39, 0.29) is 5.92 Å². The Morgan fingerprint density at radius 3 is 2.52 bits per heavy atom. The molecule has 4 nitrogen and oxygen atoms in total. The number of ether oxygens (including phenoxy) is 2. The molecule has 0 heterocycles. The lowest BCUT2D eigenvalue weighted by Gasteiger charge is -2.16. The lowest BCUT2D eigenvalue weighted by atomic mass is 10.0. The molecule has 0 fully saturated rings. The number of para-hydroxylation sites is 1. The van der Waals surface area contributed by atoms with Gasteiger partial charge in [-0.05, 0) is 30.5 Å². The van der Waals surface area contributed by atoms with Crippen LogP contribution in [0.2, 0.25) is 0 Å². The normalized spacial score (nSPS) is 12.2. The second kappa shape index (κ2) is 16.4. The highest BCUT2D eigenvalue weighted by molar-refractivity contribution is 5.33. The maximum atomic E-state index is 8.52. The molecule has 152 valence electrons. The van der Waals surface area contributed by atoms with Crippen LogP contribution in [-0.2, 0) is 16.0 Å². The van der Waals surface area contributed by atoms with Crippen molar-refractivity contribution in [2.75, 3.05) is 19.8 Å². The minimum Gasteiger partial charge on any atom is -0.493 e. The Hall–Kier alpha value is -1.78. The van der Waals surface area contributed by atoms with Crippen LogP contribution in [0.1, 0.15) is 57.4 Å². The van der Waals surface area contributed by atoms with Crippen LogP contribution in [0, 0.1) is 5.92 Å². The Morgan fingerprint density at radius 2 is 1.78 bits per heavy atom. The Bertz CT molecular complexity index is 513. The third-order valence-electron chi connectivity index (χ3n) is 4.45. The maximum Gasteiger partial charge on any atom is 0.125 e. The third kappa shape index (κ3) is 11.5. The molecule has 0 saturated heterocycles. The molecule has 1 aromatic carbocycles. The maximum absolute atomic E-state index is 8.52. The molecule has 0 aliphatic carbocycles. The van der Waals surface area contributed by atoms with E-state index in [0.29, 0.717) is 19.8 Å². The largest absolute Gasteiger partial charge is 0.493 e. The summed E-state index contributed by atoms with van der Waals surface area (Å²) in [6.07, 6.45) is 14.9.